The van der Waals surface area contributed by atoms with E-state index in [2.05, 4.69) is 35.5 Å². The molecule has 0 saturated carbocycles. The third kappa shape index (κ3) is 8.76. The molecule has 0 amide bonds. The van der Waals surface area contributed by atoms with Crippen LogP contribution in [0.3, 0.4) is 0 Å². The van der Waals surface area contributed by atoms with Gasteiger partial charge in [-0.25, -0.2) is 9.59 Å². The first-order valence-electron chi connectivity index (χ1n) is 11.9. The lowest BCUT2D eigenvalue weighted by Gasteiger charge is -2.37. The molecule has 1 aromatic heterocycles. The van der Waals surface area contributed by atoms with E-state index in [9.17, 15) is 19.8 Å². The number of ether oxygens (including phenoxy) is 2. The molecule has 34 heavy (non-hydrogen) atoms. The van der Waals surface area contributed by atoms with Crippen molar-refractivity contribution >= 4 is 11.9 Å². The Morgan fingerprint density at radius 3 is 2.26 bits per heavy atom. The number of methoxy groups -OCH3 is 2. The molecule has 0 radical (unpaired) electrons. The Morgan fingerprint density at radius 1 is 1.06 bits per heavy atom. The molecule has 0 spiro atoms. The average Bonchev–Trinajstić information content (AvgIpc) is 3.31. The number of furan rings is 1. The fraction of sp³-hybridized carbons (Fsp3) is 0.630. The minimum Gasteiger partial charge on any atom is -0.472 e. The summed E-state index contributed by atoms with van der Waals surface area (Å²) in [7, 11) is 2.19. The maximum atomic E-state index is 12.3. The Balaban J connectivity index is 2.50. The lowest BCUT2D eigenvalue weighted by Crippen LogP contribution is -2.63. The van der Waals surface area contributed by atoms with Gasteiger partial charge in [0.05, 0.1) is 26.7 Å². The van der Waals surface area contributed by atoms with Gasteiger partial charge in [0.25, 0.3) is 0 Å². The second kappa shape index (κ2) is 14.1. The van der Waals surface area contributed by atoms with E-state index in [4.69, 9.17) is 4.42 Å². The molecule has 0 aliphatic heterocycles. The number of aryl methyl sites for hydroxylation is 1. The fourth-order valence-electron chi connectivity index (χ4n) is 3.99. The zero-order chi connectivity index (χ0) is 25.8. The Hall–Kier alpha value is -2.38. The molecule has 1 heterocycles. The van der Waals surface area contributed by atoms with E-state index in [0.717, 1.165) is 59.7 Å². The molecular formula is C27H42O7. The molecule has 7 nitrogen and oxygen atoms in total. The molecule has 0 aromatic carbocycles. The van der Waals surface area contributed by atoms with Gasteiger partial charge >= 0.3 is 11.9 Å². The SMILES string of the molecule is COC(=O)[C@](O)(C[C@H](C)CCC=C(C)CCC=C(C)CCCc1ccoc1)[C@](C)(O)C(=O)OC. The van der Waals surface area contributed by atoms with Gasteiger partial charge in [-0.3, -0.25) is 0 Å². The molecule has 0 aliphatic rings. The Labute approximate surface area is 203 Å². The van der Waals surface area contributed by atoms with Crippen LogP contribution in [0.4, 0.5) is 0 Å². The Bertz CT molecular complexity index is 820. The first-order valence-corrected chi connectivity index (χ1v) is 11.9. The number of esters is 2. The summed E-state index contributed by atoms with van der Waals surface area (Å²) in [6.07, 6.45) is 14.4. The maximum Gasteiger partial charge on any atom is 0.341 e. The normalized spacial score (nSPS) is 16.9. The fourth-order valence-corrected chi connectivity index (χ4v) is 3.99. The highest BCUT2D eigenvalue weighted by Gasteiger charge is 2.58. The van der Waals surface area contributed by atoms with Crippen LogP contribution in [0, 0.1) is 5.92 Å². The van der Waals surface area contributed by atoms with Gasteiger partial charge in [0.2, 0.25) is 5.60 Å². The third-order valence-electron chi connectivity index (χ3n) is 6.36. The van der Waals surface area contributed by atoms with Crippen molar-refractivity contribution in [1.29, 1.82) is 0 Å². The van der Waals surface area contributed by atoms with E-state index in [1.54, 1.807) is 12.5 Å². The molecule has 0 saturated heterocycles. The van der Waals surface area contributed by atoms with Crippen LogP contribution in [-0.2, 0) is 25.5 Å². The summed E-state index contributed by atoms with van der Waals surface area (Å²) in [5, 5.41) is 21.5. The molecule has 0 unspecified atom stereocenters. The van der Waals surface area contributed by atoms with Crippen molar-refractivity contribution in [3.63, 3.8) is 0 Å². The van der Waals surface area contributed by atoms with Crippen molar-refractivity contribution in [1.82, 2.24) is 0 Å². The van der Waals surface area contributed by atoms with Crippen LogP contribution in [0.1, 0.15) is 78.2 Å². The zero-order valence-corrected chi connectivity index (χ0v) is 21.6. The summed E-state index contributed by atoms with van der Waals surface area (Å²) in [6, 6.07) is 2.01. The summed E-state index contributed by atoms with van der Waals surface area (Å²) in [4.78, 5) is 24.2. The van der Waals surface area contributed by atoms with Crippen LogP contribution in [-0.4, -0.2) is 47.6 Å². The van der Waals surface area contributed by atoms with Gasteiger partial charge < -0.3 is 24.1 Å². The molecule has 1 aromatic rings. The quantitative estimate of drug-likeness (QED) is 0.272. The van der Waals surface area contributed by atoms with E-state index in [1.165, 1.54) is 16.7 Å². The molecule has 2 N–H and O–H groups in total. The van der Waals surface area contributed by atoms with E-state index in [0.29, 0.717) is 6.42 Å². The minimum absolute atomic E-state index is 0.130. The first kappa shape index (κ1) is 29.7. The van der Waals surface area contributed by atoms with Crippen molar-refractivity contribution in [3.8, 4) is 0 Å². The van der Waals surface area contributed by atoms with Crippen LogP contribution in [0.15, 0.2) is 46.3 Å². The van der Waals surface area contributed by atoms with Gasteiger partial charge in [0, 0.05) is 0 Å². The predicted molar refractivity (Wildman–Crippen MR) is 131 cm³/mol. The highest BCUT2D eigenvalue weighted by atomic mass is 16.6. The van der Waals surface area contributed by atoms with Crippen molar-refractivity contribution in [2.75, 3.05) is 14.2 Å². The summed E-state index contributed by atoms with van der Waals surface area (Å²) in [5.41, 5.74) is -0.909. The number of aliphatic hydroxyl groups is 2. The lowest BCUT2D eigenvalue weighted by molar-refractivity contribution is -0.210. The number of hydrogen-bond acceptors (Lipinski definition) is 7. The largest absolute Gasteiger partial charge is 0.472 e. The van der Waals surface area contributed by atoms with Crippen LogP contribution in [0.2, 0.25) is 0 Å². The van der Waals surface area contributed by atoms with Gasteiger partial charge in [-0.15, -0.1) is 0 Å². The van der Waals surface area contributed by atoms with Gasteiger partial charge in [0.1, 0.15) is 0 Å². The van der Waals surface area contributed by atoms with E-state index in [-0.39, 0.29) is 12.3 Å². The molecule has 3 atom stereocenters. The molecule has 1 rings (SSSR count). The summed E-state index contributed by atoms with van der Waals surface area (Å²) < 4.78 is 14.3. The Kier molecular flexibility index (Phi) is 12.3. The van der Waals surface area contributed by atoms with Crippen molar-refractivity contribution in [3.05, 3.63) is 47.5 Å². The van der Waals surface area contributed by atoms with Crippen LogP contribution in [0.5, 0.6) is 0 Å². The Morgan fingerprint density at radius 2 is 1.68 bits per heavy atom. The maximum absolute atomic E-state index is 12.3. The second-order valence-corrected chi connectivity index (χ2v) is 9.43. The van der Waals surface area contributed by atoms with Gasteiger partial charge in [0.15, 0.2) is 5.60 Å². The van der Waals surface area contributed by atoms with E-state index >= 15 is 0 Å². The second-order valence-electron chi connectivity index (χ2n) is 9.43. The van der Waals surface area contributed by atoms with Crippen molar-refractivity contribution < 1.29 is 33.7 Å². The molecular weight excluding hydrogens is 436 g/mol. The number of rotatable bonds is 15. The average molecular weight is 479 g/mol. The molecule has 0 bridgehead atoms. The predicted octanol–water partition coefficient (Wildman–Crippen LogP) is 4.91. The summed E-state index contributed by atoms with van der Waals surface area (Å²) in [6.45, 7) is 7.20. The number of allylic oxidation sites excluding steroid dienone is 4. The van der Waals surface area contributed by atoms with E-state index < -0.39 is 23.1 Å². The smallest absolute Gasteiger partial charge is 0.341 e. The van der Waals surface area contributed by atoms with Gasteiger partial charge in [-0.05, 0) is 89.7 Å². The van der Waals surface area contributed by atoms with Crippen molar-refractivity contribution in [2.45, 2.75) is 90.3 Å². The highest BCUT2D eigenvalue weighted by molar-refractivity contribution is 5.92. The number of carbonyl (C=O) groups excluding carboxylic acids is 2. The standard InChI is InChI=1S/C27H42O7/c1-20(10-7-11-21(2)13-9-15-23-16-17-34-19-23)12-8-14-22(3)18-27(31,25(29)33-6)26(4,30)24(28)32-5/h11-12,16-17,19,22,30-31H,7-10,13-15,18H2,1-6H3/t22-,26-,27-/m1/s1. The van der Waals surface area contributed by atoms with Crippen molar-refractivity contribution in [2.24, 2.45) is 5.92 Å². The molecule has 0 aliphatic carbocycles. The topological polar surface area (TPSA) is 106 Å². The number of carbonyl (C=O) groups is 2. The lowest BCUT2D eigenvalue weighted by atomic mass is 9.77. The number of hydrogen-bond donors (Lipinski definition) is 2. The van der Waals surface area contributed by atoms with Gasteiger partial charge in [-0.1, -0.05) is 30.2 Å². The third-order valence-corrected chi connectivity index (χ3v) is 6.36. The summed E-state index contributed by atoms with van der Waals surface area (Å²) in [5.74, 6) is -2.30. The van der Waals surface area contributed by atoms with Crippen LogP contribution < -0.4 is 0 Å². The highest BCUT2D eigenvalue weighted by Crippen LogP contribution is 2.33. The van der Waals surface area contributed by atoms with Crippen LogP contribution >= 0.6 is 0 Å². The van der Waals surface area contributed by atoms with E-state index in [1.807, 2.05) is 13.0 Å². The monoisotopic (exact) mass is 478 g/mol. The summed E-state index contributed by atoms with van der Waals surface area (Å²) >= 11 is 0. The van der Waals surface area contributed by atoms with Crippen LogP contribution in [0.25, 0.3) is 0 Å². The zero-order valence-electron chi connectivity index (χ0n) is 21.6. The molecule has 192 valence electrons. The minimum atomic E-state index is -2.42. The first-order chi connectivity index (χ1) is 16.0. The molecule has 0 fully saturated rings. The van der Waals surface area contributed by atoms with Gasteiger partial charge in [-0.2, -0.15) is 0 Å². The molecule has 7 heteroatoms.